The van der Waals surface area contributed by atoms with E-state index in [1.807, 2.05) is 6.07 Å². The van der Waals surface area contributed by atoms with Gasteiger partial charge in [0.15, 0.2) is 0 Å². The Morgan fingerprint density at radius 2 is 1.73 bits per heavy atom. The minimum Gasteiger partial charge on any atom is -0.341 e. The highest BCUT2D eigenvalue weighted by molar-refractivity contribution is 5.64. The van der Waals surface area contributed by atoms with Crippen LogP contribution in [0.4, 0.5) is 10.1 Å². The van der Waals surface area contributed by atoms with E-state index in [1.165, 1.54) is 47.8 Å². The van der Waals surface area contributed by atoms with Crippen molar-refractivity contribution < 1.29 is 4.39 Å². The van der Waals surface area contributed by atoms with Crippen LogP contribution in [-0.2, 0) is 6.54 Å². The molecule has 1 saturated carbocycles. The van der Waals surface area contributed by atoms with Crippen molar-refractivity contribution in [1.82, 2.24) is 0 Å². The molecule has 2 unspecified atom stereocenters. The van der Waals surface area contributed by atoms with Gasteiger partial charge in [0.2, 0.25) is 0 Å². The summed E-state index contributed by atoms with van der Waals surface area (Å²) in [5, 5.41) is 0. The second kappa shape index (κ2) is 8.87. The lowest BCUT2D eigenvalue weighted by Crippen LogP contribution is -2.28. The van der Waals surface area contributed by atoms with E-state index in [1.54, 1.807) is 12.1 Å². The molecule has 1 nitrogen and oxygen atoms in total. The predicted molar refractivity (Wildman–Crippen MR) is 125 cm³/mol. The third-order valence-electron chi connectivity index (χ3n) is 6.50. The molecule has 0 spiro atoms. The van der Waals surface area contributed by atoms with Crippen LogP contribution in [0.15, 0.2) is 85.1 Å². The van der Waals surface area contributed by atoms with Crippen LogP contribution < -0.4 is 4.90 Å². The number of rotatable bonds is 6. The average Bonchev–Trinajstić information content (AvgIpc) is 3.18. The van der Waals surface area contributed by atoms with E-state index in [4.69, 9.17) is 0 Å². The molecule has 4 rings (SSSR count). The summed E-state index contributed by atoms with van der Waals surface area (Å²) in [6, 6.07) is 23.8. The SMILES string of the molecule is C=C(C1CCCC1C)N(Cc1ccc(-c2cccc(F)c2)cc1)c1ccccc1C. The number of para-hydroxylation sites is 1. The summed E-state index contributed by atoms with van der Waals surface area (Å²) < 4.78 is 13.6. The van der Waals surface area contributed by atoms with E-state index in [0.29, 0.717) is 11.8 Å². The maximum atomic E-state index is 13.6. The number of allylic oxidation sites excluding steroid dienone is 1. The summed E-state index contributed by atoms with van der Waals surface area (Å²) in [4.78, 5) is 2.40. The number of benzene rings is 3. The highest BCUT2D eigenvalue weighted by Gasteiger charge is 2.29. The van der Waals surface area contributed by atoms with Crippen molar-refractivity contribution in [2.24, 2.45) is 11.8 Å². The molecule has 0 amide bonds. The summed E-state index contributed by atoms with van der Waals surface area (Å²) in [6.45, 7) is 9.87. The van der Waals surface area contributed by atoms with Crippen molar-refractivity contribution >= 4 is 5.69 Å². The molecule has 3 aromatic carbocycles. The van der Waals surface area contributed by atoms with Gasteiger partial charge in [0.1, 0.15) is 5.82 Å². The van der Waals surface area contributed by atoms with E-state index in [0.717, 1.165) is 17.7 Å². The number of hydrogen-bond donors (Lipinski definition) is 0. The van der Waals surface area contributed by atoms with Crippen LogP contribution in [0.3, 0.4) is 0 Å². The first kappa shape index (κ1) is 20.4. The summed E-state index contributed by atoms with van der Waals surface area (Å²) in [5.74, 6) is 1.01. The molecular formula is C28H30FN. The minimum absolute atomic E-state index is 0.204. The Labute approximate surface area is 179 Å². The maximum Gasteiger partial charge on any atom is 0.123 e. The third-order valence-corrected chi connectivity index (χ3v) is 6.50. The van der Waals surface area contributed by atoms with Crippen LogP contribution in [0.25, 0.3) is 11.1 Å². The molecule has 0 N–H and O–H groups in total. The van der Waals surface area contributed by atoms with Gasteiger partial charge >= 0.3 is 0 Å². The fourth-order valence-corrected chi connectivity index (χ4v) is 4.70. The number of anilines is 1. The highest BCUT2D eigenvalue weighted by Crippen LogP contribution is 2.39. The third kappa shape index (κ3) is 4.33. The maximum absolute atomic E-state index is 13.6. The molecule has 2 heteroatoms. The number of nitrogens with zero attached hydrogens (tertiary/aromatic N) is 1. The van der Waals surface area contributed by atoms with Gasteiger partial charge in [-0.1, -0.05) is 80.9 Å². The average molecular weight is 400 g/mol. The Hall–Kier alpha value is -2.87. The molecule has 0 aromatic heterocycles. The van der Waals surface area contributed by atoms with E-state index in [2.05, 4.69) is 73.9 Å². The molecule has 0 aliphatic heterocycles. The first-order valence-electron chi connectivity index (χ1n) is 10.9. The Balaban J connectivity index is 1.62. The summed E-state index contributed by atoms with van der Waals surface area (Å²) in [5.41, 5.74) is 6.88. The zero-order chi connectivity index (χ0) is 21.1. The second-order valence-electron chi connectivity index (χ2n) is 8.59. The standard InChI is InChI=1S/C28H30FN/c1-20-9-6-12-27(20)22(3)30(28-13-5-4-8-21(28)2)19-23-14-16-24(17-15-23)25-10-7-11-26(29)18-25/h4-5,7-8,10-11,13-18,20,27H,3,6,9,12,19H2,1-2H3. The molecule has 0 radical (unpaired) electrons. The molecule has 1 fully saturated rings. The van der Waals surface area contributed by atoms with Gasteiger partial charge < -0.3 is 4.90 Å². The lowest BCUT2D eigenvalue weighted by atomic mass is 9.93. The summed E-state index contributed by atoms with van der Waals surface area (Å²) in [7, 11) is 0. The monoisotopic (exact) mass is 399 g/mol. The quantitative estimate of drug-likeness (QED) is 0.409. The number of aryl methyl sites for hydroxylation is 1. The molecule has 1 aliphatic rings. The van der Waals surface area contributed by atoms with Gasteiger partial charge in [0.05, 0.1) is 0 Å². The van der Waals surface area contributed by atoms with Crippen molar-refractivity contribution in [2.75, 3.05) is 4.90 Å². The molecule has 0 heterocycles. The lowest BCUT2D eigenvalue weighted by Gasteiger charge is -2.33. The van der Waals surface area contributed by atoms with Crippen molar-refractivity contribution in [3.05, 3.63) is 102 Å². The molecule has 154 valence electrons. The van der Waals surface area contributed by atoms with E-state index >= 15 is 0 Å². The van der Waals surface area contributed by atoms with E-state index < -0.39 is 0 Å². The second-order valence-corrected chi connectivity index (χ2v) is 8.59. The first-order valence-corrected chi connectivity index (χ1v) is 10.9. The highest BCUT2D eigenvalue weighted by atomic mass is 19.1. The molecule has 0 saturated heterocycles. The van der Waals surface area contributed by atoms with E-state index in [9.17, 15) is 4.39 Å². The van der Waals surface area contributed by atoms with Crippen molar-refractivity contribution in [3.63, 3.8) is 0 Å². The number of hydrogen-bond acceptors (Lipinski definition) is 1. The van der Waals surface area contributed by atoms with Gasteiger partial charge in [-0.15, -0.1) is 0 Å². The van der Waals surface area contributed by atoms with Crippen LogP contribution in [0, 0.1) is 24.6 Å². The van der Waals surface area contributed by atoms with Crippen molar-refractivity contribution in [3.8, 4) is 11.1 Å². The predicted octanol–water partition coefficient (Wildman–Crippen LogP) is 7.76. The molecule has 1 aliphatic carbocycles. The van der Waals surface area contributed by atoms with Gasteiger partial charge in [-0.25, -0.2) is 4.39 Å². The van der Waals surface area contributed by atoms with Crippen LogP contribution in [0.1, 0.15) is 37.3 Å². The Morgan fingerprint density at radius 1 is 0.967 bits per heavy atom. The van der Waals surface area contributed by atoms with Gasteiger partial charge in [-0.2, -0.15) is 0 Å². The Kier molecular flexibility index (Phi) is 6.03. The fraction of sp³-hybridized carbons (Fsp3) is 0.286. The van der Waals surface area contributed by atoms with Crippen LogP contribution in [-0.4, -0.2) is 0 Å². The number of halogens is 1. The largest absolute Gasteiger partial charge is 0.341 e. The van der Waals surface area contributed by atoms with Gasteiger partial charge in [0.25, 0.3) is 0 Å². The summed E-state index contributed by atoms with van der Waals surface area (Å²) in [6.07, 6.45) is 3.79. The first-order chi connectivity index (χ1) is 14.5. The summed E-state index contributed by atoms with van der Waals surface area (Å²) >= 11 is 0. The zero-order valence-electron chi connectivity index (χ0n) is 17.9. The molecule has 3 aromatic rings. The molecule has 30 heavy (non-hydrogen) atoms. The Bertz CT molecular complexity index is 1020. The zero-order valence-corrected chi connectivity index (χ0v) is 17.9. The fourth-order valence-electron chi connectivity index (χ4n) is 4.70. The molecule has 0 bridgehead atoms. The topological polar surface area (TPSA) is 3.24 Å². The smallest absolute Gasteiger partial charge is 0.123 e. The van der Waals surface area contributed by atoms with Gasteiger partial charge in [0, 0.05) is 23.8 Å². The van der Waals surface area contributed by atoms with Crippen molar-refractivity contribution in [1.29, 1.82) is 0 Å². The van der Waals surface area contributed by atoms with Gasteiger partial charge in [-0.05, 0) is 59.7 Å². The Morgan fingerprint density at radius 3 is 2.40 bits per heavy atom. The van der Waals surface area contributed by atoms with Crippen LogP contribution in [0.2, 0.25) is 0 Å². The molecule has 2 atom stereocenters. The lowest BCUT2D eigenvalue weighted by molar-refractivity contribution is 0.467. The van der Waals surface area contributed by atoms with E-state index in [-0.39, 0.29) is 5.82 Å². The normalized spacial score (nSPS) is 18.4. The van der Waals surface area contributed by atoms with Gasteiger partial charge in [-0.3, -0.25) is 0 Å². The minimum atomic E-state index is -0.204. The molecular weight excluding hydrogens is 369 g/mol. The van der Waals surface area contributed by atoms with Crippen LogP contribution in [0.5, 0.6) is 0 Å². The van der Waals surface area contributed by atoms with Crippen LogP contribution >= 0.6 is 0 Å². The van der Waals surface area contributed by atoms with Crippen molar-refractivity contribution in [2.45, 2.75) is 39.7 Å².